The molecule has 1 saturated carbocycles. The molecule has 0 aromatic heterocycles. The van der Waals surface area contributed by atoms with Crippen LogP contribution in [0.5, 0.6) is 0 Å². The summed E-state index contributed by atoms with van der Waals surface area (Å²) in [6.07, 6.45) is 2.78. The van der Waals surface area contributed by atoms with Crippen molar-refractivity contribution in [3.05, 3.63) is 34.9 Å². The molecule has 1 heterocycles. The predicted octanol–water partition coefficient (Wildman–Crippen LogP) is 2.29. The summed E-state index contributed by atoms with van der Waals surface area (Å²) in [7, 11) is 0. The van der Waals surface area contributed by atoms with Crippen molar-refractivity contribution in [3.8, 4) is 0 Å². The Morgan fingerprint density at radius 1 is 1.30 bits per heavy atom. The maximum Gasteiger partial charge on any atom is 0.233 e. The van der Waals surface area contributed by atoms with Gasteiger partial charge in [0.05, 0.1) is 12.0 Å². The third kappa shape index (κ3) is 3.25. The van der Waals surface area contributed by atoms with Gasteiger partial charge in [-0.15, -0.1) is 0 Å². The van der Waals surface area contributed by atoms with Gasteiger partial charge in [-0.3, -0.25) is 9.69 Å². The number of piperazine rings is 1. The second-order valence-corrected chi connectivity index (χ2v) is 7.10. The number of hydrogen-bond acceptors (Lipinski definition) is 3. The average molecular weight is 337 g/mol. The maximum atomic E-state index is 13.0. The SMILES string of the molecule is CCC(CO)N1CCN(C(=O)C2(c3cccc(Cl)c3)CC2)CC1. The van der Waals surface area contributed by atoms with Crippen molar-refractivity contribution in [2.45, 2.75) is 37.6 Å². The molecule has 0 spiro atoms. The molecule has 1 aromatic rings. The van der Waals surface area contributed by atoms with Crippen molar-refractivity contribution in [2.75, 3.05) is 32.8 Å². The fraction of sp³-hybridized carbons (Fsp3) is 0.611. The zero-order valence-electron chi connectivity index (χ0n) is 13.7. The summed E-state index contributed by atoms with van der Waals surface area (Å²) in [6, 6.07) is 7.95. The number of rotatable bonds is 5. The van der Waals surface area contributed by atoms with Crippen molar-refractivity contribution in [1.82, 2.24) is 9.80 Å². The van der Waals surface area contributed by atoms with Gasteiger partial charge < -0.3 is 10.0 Å². The van der Waals surface area contributed by atoms with E-state index in [-0.39, 0.29) is 24.0 Å². The Hall–Kier alpha value is -1.10. The lowest BCUT2D eigenvalue weighted by Crippen LogP contribution is -2.54. The van der Waals surface area contributed by atoms with Crippen molar-refractivity contribution in [1.29, 1.82) is 0 Å². The van der Waals surface area contributed by atoms with Gasteiger partial charge in [0.15, 0.2) is 0 Å². The van der Waals surface area contributed by atoms with E-state index in [0.717, 1.165) is 51.0 Å². The van der Waals surface area contributed by atoms with Crippen LogP contribution in [0, 0.1) is 0 Å². The Morgan fingerprint density at radius 2 is 2.00 bits per heavy atom. The second kappa shape index (κ2) is 6.80. The maximum absolute atomic E-state index is 13.0. The molecule has 1 N–H and O–H groups in total. The Kier molecular flexibility index (Phi) is 4.95. The summed E-state index contributed by atoms with van der Waals surface area (Å²) in [5, 5.41) is 10.1. The standard InChI is InChI=1S/C18H25ClN2O2/c1-2-16(13-22)20-8-10-21(11-9-20)17(23)18(6-7-18)14-4-3-5-15(19)12-14/h3-5,12,16,22H,2,6-11,13H2,1H3. The van der Waals surface area contributed by atoms with E-state index in [4.69, 9.17) is 11.6 Å². The van der Waals surface area contributed by atoms with Gasteiger partial charge in [0.2, 0.25) is 5.91 Å². The molecule has 1 amide bonds. The lowest BCUT2D eigenvalue weighted by molar-refractivity contribution is -0.136. The zero-order valence-corrected chi connectivity index (χ0v) is 14.4. The van der Waals surface area contributed by atoms with Crippen molar-refractivity contribution in [2.24, 2.45) is 0 Å². The molecule has 1 atom stereocenters. The molecule has 4 nitrogen and oxygen atoms in total. The Balaban J connectivity index is 1.66. The van der Waals surface area contributed by atoms with Crippen LogP contribution in [0.3, 0.4) is 0 Å². The van der Waals surface area contributed by atoms with E-state index >= 15 is 0 Å². The Labute approximate surface area is 143 Å². The molecule has 0 radical (unpaired) electrons. The fourth-order valence-corrected chi connectivity index (χ4v) is 3.82. The van der Waals surface area contributed by atoms with Gasteiger partial charge in [-0.1, -0.05) is 30.7 Å². The van der Waals surface area contributed by atoms with E-state index in [2.05, 4.69) is 11.8 Å². The number of hydrogen-bond donors (Lipinski definition) is 1. The highest BCUT2D eigenvalue weighted by atomic mass is 35.5. The number of nitrogens with zero attached hydrogens (tertiary/aromatic N) is 2. The number of amides is 1. The van der Waals surface area contributed by atoms with Crippen LogP contribution in [0.4, 0.5) is 0 Å². The Bertz CT molecular complexity index is 562. The molecule has 1 aliphatic heterocycles. The van der Waals surface area contributed by atoms with E-state index in [9.17, 15) is 9.90 Å². The first-order valence-corrected chi connectivity index (χ1v) is 8.89. The first kappa shape index (κ1) is 16.7. The van der Waals surface area contributed by atoms with Gasteiger partial charge in [-0.2, -0.15) is 0 Å². The van der Waals surface area contributed by atoms with E-state index in [1.807, 2.05) is 29.2 Å². The van der Waals surface area contributed by atoms with Gasteiger partial charge in [0.1, 0.15) is 0 Å². The van der Waals surface area contributed by atoms with E-state index in [1.54, 1.807) is 0 Å². The molecule has 2 aliphatic rings. The average Bonchev–Trinajstić information content (AvgIpc) is 3.38. The highest BCUT2D eigenvalue weighted by molar-refractivity contribution is 6.30. The first-order valence-electron chi connectivity index (χ1n) is 8.51. The molecule has 2 fully saturated rings. The highest BCUT2D eigenvalue weighted by Crippen LogP contribution is 2.50. The van der Waals surface area contributed by atoms with Crippen LogP contribution in [0.1, 0.15) is 31.7 Å². The predicted molar refractivity (Wildman–Crippen MR) is 91.7 cm³/mol. The molecular formula is C18H25ClN2O2. The molecule has 0 bridgehead atoms. The van der Waals surface area contributed by atoms with Crippen LogP contribution >= 0.6 is 11.6 Å². The van der Waals surface area contributed by atoms with Gasteiger partial charge in [0.25, 0.3) is 0 Å². The minimum Gasteiger partial charge on any atom is -0.395 e. The van der Waals surface area contributed by atoms with Crippen LogP contribution in [-0.2, 0) is 10.2 Å². The van der Waals surface area contributed by atoms with E-state index < -0.39 is 0 Å². The van der Waals surface area contributed by atoms with Crippen LogP contribution in [-0.4, -0.2) is 59.6 Å². The lowest BCUT2D eigenvalue weighted by Gasteiger charge is -2.39. The van der Waals surface area contributed by atoms with Crippen molar-refractivity contribution >= 4 is 17.5 Å². The van der Waals surface area contributed by atoms with Crippen LogP contribution in [0.15, 0.2) is 24.3 Å². The lowest BCUT2D eigenvalue weighted by atomic mass is 9.94. The van der Waals surface area contributed by atoms with Gasteiger partial charge in [0, 0.05) is 37.2 Å². The summed E-state index contributed by atoms with van der Waals surface area (Å²) < 4.78 is 0. The third-order valence-corrected chi connectivity index (χ3v) is 5.57. The molecule has 1 unspecified atom stereocenters. The topological polar surface area (TPSA) is 43.8 Å². The fourth-order valence-electron chi connectivity index (χ4n) is 3.63. The molecule has 1 aromatic carbocycles. The normalized spacial score (nSPS) is 22.0. The minimum atomic E-state index is -0.339. The van der Waals surface area contributed by atoms with Gasteiger partial charge in [-0.05, 0) is 37.0 Å². The monoisotopic (exact) mass is 336 g/mol. The van der Waals surface area contributed by atoms with Gasteiger partial charge >= 0.3 is 0 Å². The Morgan fingerprint density at radius 3 is 2.52 bits per heavy atom. The number of carbonyl (C=O) groups is 1. The summed E-state index contributed by atoms with van der Waals surface area (Å²) >= 11 is 6.10. The first-order chi connectivity index (χ1) is 11.1. The largest absolute Gasteiger partial charge is 0.395 e. The van der Waals surface area contributed by atoms with E-state index in [1.165, 1.54) is 0 Å². The molecular weight excluding hydrogens is 312 g/mol. The number of aliphatic hydroxyl groups is 1. The highest BCUT2D eigenvalue weighted by Gasteiger charge is 2.53. The zero-order chi connectivity index (χ0) is 16.4. The summed E-state index contributed by atoms with van der Waals surface area (Å²) in [5.41, 5.74) is 0.716. The number of halogens is 1. The molecule has 3 rings (SSSR count). The van der Waals surface area contributed by atoms with Crippen molar-refractivity contribution in [3.63, 3.8) is 0 Å². The number of benzene rings is 1. The third-order valence-electron chi connectivity index (χ3n) is 5.34. The second-order valence-electron chi connectivity index (χ2n) is 6.67. The van der Waals surface area contributed by atoms with Crippen LogP contribution in [0.25, 0.3) is 0 Å². The smallest absolute Gasteiger partial charge is 0.233 e. The number of aliphatic hydroxyl groups excluding tert-OH is 1. The number of carbonyl (C=O) groups excluding carboxylic acids is 1. The molecule has 126 valence electrons. The quantitative estimate of drug-likeness (QED) is 0.897. The summed E-state index contributed by atoms with van der Waals surface area (Å²) in [5.74, 6) is 0.247. The van der Waals surface area contributed by atoms with Crippen LogP contribution < -0.4 is 0 Å². The van der Waals surface area contributed by atoms with Crippen molar-refractivity contribution < 1.29 is 9.90 Å². The summed E-state index contributed by atoms with van der Waals surface area (Å²) in [6.45, 7) is 5.47. The van der Waals surface area contributed by atoms with Gasteiger partial charge in [-0.25, -0.2) is 0 Å². The summed E-state index contributed by atoms with van der Waals surface area (Å²) in [4.78, 5) is 17.3. The molecule has 5 heteroatoms. The molecule has 23 heavy (non-hydrogen) atoms. The molecule has 1 saturated heterocycles. The minimum absolute atomic E-state index is 0.191. The van der Waals surface area contributed by atoms with Crippen LogP contribution in [0.2, 0.25) is 5.02 Å². The molecule has 1 aliphatic carbocycles. The van der Waals surface area contributed by atoms with E-state index in [0.29, 0.717) is 5.02 Å².